The zero-order valence-corrected chi connectivity index (χ0v) is 41.2. The molecule has 0 saturated heterocycles. The van der Waals surface area contributed by atoms with Gasteiger partial charge in [-0.05, 0) is 123 Å². The second kappa shape index (κ2) is 21.5. The molecule has 0 amide bonds. The number of methoxy groups -OCH3 is 1. The number of carbonyl (C=O) groups excluding carboxylic acids is 1. The summed E-state index contributed by atoms with van der Waals surface area (Å²) in [7, 11) is -6.19. The molecule has 4 aromatic carbocycles. The van der Waals surface area contributed by atoms with Gasteiger partial charge in [-0.3, -0.25) is 4.79 Å². The lowest BCUT2D eigenvalue weighted by molar-refractivity contribution is -0.137. The van der Waals surface area contributed by atoms with Crippen LogP contribution in [0.15, 0.2) is 85.2 Å². The fourth-order valence-electron chi connectivity index (χ4n) is 8.16. The van der Waals surface area contributed by atoms with Gasteiger partial charge in [-0.2, -0.15) is 10.5 Å². The lowest BCUT2D eigenvalue weighted by Gasteiger charge is -2.14. The van der Waals surface area contributed by atoms with Crippen LogP contribution in [0.25, 0.3) is 42.0 Å². The third-order valence-corrected chi connectivity index (χ3v) is 15.8. The highest BCUT2D eigenvalue weighted by molar-refractivity contribution is 7.90. The van der Waals surface area contributed by atoms with Crippen molar-refractivity contribution >= 4 is 48.7 Å². The first kappa shape index (κ1) is 49.9. The maximum absolute atomic E-state index is 12.4. The normalized spacial score (nSPS) is 15.2. The number of sulfonamides is 2. The molecule has 354 valence electrons. The summed E-state index contributed by atoms with van der Waals surface area (Å²) < 4.78 is 70.3. The van der Waals surface area contributed by atoms with Crippen molar-refractivity contribution in [3.8, 4) is 65.7 Å². The van der Waals surface area contributed by atoms with Gasteiger partial charge in [0.1, 0.15) is 33.7 Å². The molecule has 15 nitrogen and oxygen atoms in total. The quantitative estimate of drug-likeness (QED) is 0.0777. The molecule has 8 rings (SSSR count). The fraction of sp³-hybridized carbons (Fsp3) is 0.327. The molecule has 3 N–H and O–H groups in total. The van der Waals surface area contributed by atoms with E-state index in [2.05, 4.69) is 36.3 Å². The van der Waals surface area contributed by atoms with E-state index in [1.165, 1.54) is 22.7 Å². The number of fused-ring (bicyclic) bond motifs is 2. The summed E-state index contributed by atoms with van der Waals surface area (Å²) in [6.07, 6.45) is 6.29. The van der Waals surface area contributed by atoms with Gasteiger partial charge in [0.05, 0.1) is 52.6 Å². The molecule has 0 bridgehead atoms. The molecule has 0 aliphatic heterocycles. The lowest BCUT2D eigenvalue weighted by atomic mass is 10.0. The number of ether oxygens (including phenoxy) is 3. The number of nitrogens with zero attached hydrogens (tertiary/aromatic N) is 4. The maximum Gasteiger partial charge on any atom is 0.322 e. The first-order chi connectivity index (χ1) is 32.5. The zero-order valence-electron chi connectivity index (χ0n) is 38.0. The number of aliphatic hydroxyl groups is 1. The van der Waals surface area contributed by atoms with Gasteiger partial charge < -0.3 is 19.3 Å². The van der Waals surface area contributed by atoms with Crippen LogP contribution >= 0.6 is 22.7 Å². The van der Waals surface area contributed by atoms with E-state index in [0.717, 1.165) is 77.8 Å². The van der Waals surface area contributed by atoms with E-state index < -0.39 is 44.4 Å². The number of hydrogen-bond acceptors (Lipinski definition) is 15. The third-order valence-electron chi connectivity index (χ3n) is 11.0. The molecule has 2 aliphatic carbocycles. The third kappa shape index (κ3) is 11.8. The van der Waals surface area contributed by atoms with Crippen molar-refractivity contribution in [1.29, 1.82) is 10.5 Å². The molecule has 19 heteroatoms. The number of aliphatic hydroxyl groups excluding tert-OH is 1. The predicted octanol–water partition coefficient (Wildman–Crippen LogP) is 8.25. The first-order valence-electron chi connectivity index (χ1n) is 21.8. The van der Waals surface area contributed by atoms with Crippen LogP contribution in [0.4, 0.5) is 0 Å². The summed E-state index contributed by atoms with van der Waals surface area (Å²) in [5.41, 5.74) is 8.68. The van der Waals surface area contributed by atoms with Crippen molar-refractivity contribution in [3.05, 3.63) is 119 Å². The highest BCUT2D eigenvalue weighted by Crippen LogP contribution is 2.43. The molecule has 0 unspecified atom stereocenters. The second-order valence-corrected chi connectivity index (χ2v) is 22.3. The molecule has 0 fully saturated rings. The number of nitrogens with one attached hydrogen (secondary N) is 2. The van der Waals surface area contributed by atoms with Gasteiger partial charge in [0.2, 0.25) is 20.0 Å². The highest BCUT2D eigenvalue weighted by Gasteiger charge is 2.31. The van der Waals surface area contributed by atoms with Crippen molar-refractivity contribution in [3.63, 3.8) is 0 Å². The predicted molar refractivity (Wildman–Crippen MR) is 262 cm³/mol. The van der Waals surface area contributed by atoms with Gasteiger partial charge in [-0.15, -0.1) is 22.7 Å². The number of thiazole rings is 2. The maximum atomic E-state index is 12.4. The van der Waals surface area contributed by atoms with Crippen molar-refractivity contribution < 1.29 is 40.9 Å². The minimum absolute atomic E-state index is 0.0217. The van der Waals surface area contributed by atoms with Crippen molar-refractivity contribution in [2.45, 2.75) is 77.7 Å². The molecule has 0 spiro atoms. The van der Waals surface area contributed by atoms with Crippen LogP contribution in [0, 0.1) is 22.7 Å². The summed E-state index contributed by atoms with van der Waals surface area (Å²) in [4.78, 5) is 22.5. The average Bonchev–Trinajstić information content (AvgIpc) is 4.14. The molecule has 2 heterocycles. The zero-order chi connectivity index (χ0) is 48.8. The second-order valence-electron chi connectivity index (χ2n) is 16.6. The van der Waals surface area contributed by atoms with E-state index in [9.17, 15) is 32.2 Å². The first-order valence-corrected chi connectivity index (χ1v) is 26.7. The van der Waals surface area contributed by atoms with E-state index in [-0.39, 0.29) is 24.0 Å². The van der Waals surface area contributed by atoms with E-state index in [4.69, 9.17) is 14.6 Å². The van der Waals surface area contributed by atoms with Crippen LogP contribution in [0.2, 0.25) is 0 Å². The molecular formula is C49H50N6O9S4. The summed E-state index contributed by atoms with van der Waals surface area (Å²) in [5.74, 6) is -0.709. The van der Waals surface area contributed by atoms with Gasteiger partial charge in [-0.25, -0.2) is 36.2 Å². The van der Waals surface area contributed by atoms with Crippen LogP contribution in [0.3, 0.4) is 0 Å². The van der Waals surface area contributed by atoms with Crippen molar-refractivity contribution in [1.82, 2.24) is 19.4 Å². The van der Waals surface area contributed by atoms with Crippen LogP contribution < -0.4 is 18.9 Å². The smallest absolute Gasteiger partial charge is 0.322 e. The van der Waals surface area contributed by atoms with E-state index in [0.29, 0.717) is 41.9 Å². The van der Waals surface area contributed by atoms with E-state index in [1.807, 2.05) is 82.4 Å². The molecular weight excluding hydrogens is 945 g/mol. The number of hydrogen-bond donors (Lipinski definition) is 3. The largest absolute Gasteiger partial charge is 0.490 e. The molecule has 0 saturated carbocycles. The number of benzene rings is 4. The number of rotatable bonds is 16. The van der Waals surface area contributed by atoms with Crippen molar-refractivity contribution in [2.75, 3.05) is 25.2 Å². The highest BCUT2D eigenvalue weighted by atomic mass is 32.2. The van der Waals surface area contributed by atoms with Crippen LogP contribution in [0.1, 0.15) is 86.0 Å². The number of carbonyl (C=O) groups is 1. The summed E-state index contributed by atoms with van der Waals surface area (Å²) in [6, 6.07) is 26.4. The molecule has 6 aromatic rings. The Morgan fingerprint density at radius 2 is 1.19 bits per heavy atom. The fourth-order valence-corrected chi connectivity index (χ4v) is 12.3. The average molecular weight is 995 g/mol. The standard InChI is InChI=1S/C25H25N3O5S2.C24H25N3O4S2/c1-15(2)33-22-10-7-16(11-17(22)12-26)25-27-13-23(34-25)20-6-4-5-19-18(20)8-9-21(19)28-35(30,31)14-24(29)32-3;1-15(2)31-22-9-6-16(12-17(22)13-25)24-26-14-23(32-24)20-5-3-4-19-18(20)7-8-21(19)27-33(29,30)11-10-28/h4-7,10-11,13,15,21,28H,8-9,14H2,1-3H3;3-6,9,12,14-15,21,27-28H,7-8,10-11H2,1-2H3/t2*21-/m00/s1. The van der Waals surface area contributed by atoms with Gasteiger partial charge in [0, 0.05) is 35.6 Å². The summed E-state index contributed by atoms with van der Waals surface area (Å²) in [5, 5.41) is 29.6. The monoisotopic (exact) mass is 994 g/mol. The topological polar surface area (TPSA) is 231 Å². The molecule has 68 heavy (non-hydrogen) atoms. The van der Waals surface area contributed by atoms with Gasteiger partial charge in [0.25, 0.3) is 0 Å². The SMILES string of the molecule is CC(C)Oc1ccc(-c2ncc(-c3cccc4c3CC[C@@H]4NS(=O)(=O)CCO)s2)cc1C#N.COC(=O)CS(=O)(=O)N[C@H]1CCc2c(-c3cnc(-c4ccc(OC(C)C)c(C#N)c4)s3)cccc21. The summed E-state index contributed by atoms with van der Waals surface area (Å²) in [6.45, 7) is 7.26. The minimum atomic E-state index is -3.82. The Hall–Kier alpha value is -6.03. The number of aromatic nitrogens is 2. The van der Waals surface area contributed by atoms with E-state index in [1.54, 1.807) is 30.5 Å². The Balaban J connectivity index is 0.000000202. The Kier molecular flexibility index (Phi) is 15.8. The Morgan fingerprint density at radius 3 is 1.60 bits per heavy atom. The number of esters is 1. The van der Waals surface area contributed by atoms with Crippen LogP contribution in [-0.2, 0) is 42.4 Å². The van der Waals surface area contributed by atoms with Crippen LogP contribution in [-0.4, -0.2) is 75.3 Å². The summed E-state index contributed by atoms with van der Waals surface area (Å²) >= 11 is 3.04. The van der Waals surface area contributed by atoms with Gasteiger partial charge >= 0.3 is 5.97 Å². The minimum Gasteiger partial charge on any atom is -0.490 e. The number of nitriles is 2. The van der Waals surface area contributed by atoms with Gasteiger partial charge in [0.15, 0.2) is 5.75 Å². The Labute approximate surface area is 404 Å². The van der Waals surface area contributed by atoms with Crippen LogP contribution in [0.5, 0.6) is 11.5 Å². The van der Waals surface area contributed by atoms with Crippen molar-refractivity contribution in [2.24, 2.45) is 0 Å². The Bertz CT molecular complexity index is 3130. The molecule has 2 atom stereocenters. The molecule has 2 aromatic heterocycles. The molecule has 2 aliphatic rings. The lowest BCUT2D eigenvalue weighted by Crippen LogP contribution is -2.33. The Morgan fingerprint density at radius 1 is 0.735 bits per heavy atom. The molecule has 0 radical (unpaired) electrons. The van der Waals surface area contributed by atoms with Gasteiger partial charge in [-0.1, -0.05) is 36.4 Å². The van der Waals surface area contributed by atoms with E-state index >= 15 is 0 Å².